The van der Waals surface area contributed by atoms with Gasteiger partial charge in [0, 0.05) is 63.7 Å². The first-order valence-electron chi connectivity index (χ1n) is 14.2. The molecule has 0 saturated heterocycles. The van der Waals surface area contributed by atoms with Gasteiger partial charge in [-0.2, -0.15) is 0 Å². The van der Waals surface area contributed by atoms with Crippen LogP contribution in [0.1, 0.15) is 5.56 Å². The van der Waals surface area contributed by atoms with E-state index in [9.17, 15) is 0 Å². The van der Waals surface area contributed by atoms with E-state index in [1.165, 1.54) is 44.7 Å². The number of anilines is 4. The molecule has 6 heteroatoms. The van der Waals surface area contributed by atoms with Crippen LogP contribution in [0.2, 0.25) is 0 Å². The van der Waals surface area contributed by atoms with Crippen LogP contribution < -0.4 is 26.2 Å². The molecule has 0 fully saturated rings. The van der Waals surface area contributed by atoms with E-state index in [0.717, 1.165) is 22.5 Å². The summed E-state index contributed by atoms with van der Waals surface area (Å²) < 4.78 is 0. The number of hydrogen-bond acceptors (Lipinski definition) is 4. The van der Waals surface area contributed by atoms with Crippen LogP contribution >= 0.6 is 0 Å². The van der Waals surface area contributed by atoms with Crippen molar-refractivity contribution in [3.05, 3.63) is 139 Å². The van der Waals surface area contributed by atoms with Gasteiger partial charge in [0.2, 0.25) is 6.71 Å². The minimum atomic E-state index is 0. The third kappa shape index (κ3) is 5.07. The summed E-state index contributed by atoms with van der Waals surface area (Å²) in [6.45, 7) is 2.24. The molecule has 0 atom stereocenters. The molecule has 8 rings (SSSR count). The first-order valence-corrected chi connectivity index (χ1v) is 14.2. The molecular weight excluding hydrogens is 703 g/mol. The van der Waals surface area contributed by atoms with Gasteiger partial charge in [0.25, 0.3) is 0 Å². The standard InChI is InChI=1S/C25H19BN3.C12H10N.Ir/c1-28-21-13-4-3-10-18(21)26-19-11-7-9-17(20-12-5-6-16-27-20)25(19)29(2)23-15-8-14-22(28)24(23)26;1-10-7-8-12(13-9-10)11-5-3-2-4-6-11;/h3-8,10-16H,1-2H3;2-5,7-9H,1H3;/q2*-1;. The fourth-order valence-electron chi connectivity index (χ4n) is 6.17. The number of rotatable bonds is 2. The summed E-state index contributed by atoms with van der Waals surface area (Å²) in [7, 11) is 4.32. The Kier molecular flexibility index (Phi) is 7.99. The maximum atomic E-state index is 4.62. The molecule has 0 saturated carbocycles. The van der Waals surface area contributed by atoms with Crippen molar-refractivity contribution < 1.29 is 20.1 Å². The molecule has 0 amide bonds. The van der Waals surface area contributed by atoms with Gasteiger partial charge in [0.1, 0.15) is 0 Å². The number of fused-ring (bicyclic) bond motifs is 4. The van der Waals surface area contributed by atoms with E-state index in [-0.39, 0.29) is 26.8 Å². The van der Waals surface area contributed by atoms with Gasteiger partial charge in [-0.3, -0.25) is 0 Å². The van der Waals surface area contributed by atoms with E-state index in [1.807, 2.05) is 67.8 Å². The largest absolute Gasteiger partial charge is 0.385 e. The number of para-hydroxylation sites is 1. The van der Waals surface area contributed by atoms with E-state index in [1.54, 1.807) is 0 Å². The molecule has 0 unspecified atom stereocenters. The summed E-state index contributed by atoms with van der Waals surface area (Å²) in [5.41, 5.74) is 14.2. The molecule has 4 heterocycles. The summed E-state index contributed by atoms with van der Waals surface area (Å²) in [5, 5.41) is 0. The fraction of sp³-hybridized carbons (Fsp3) is 0.0811. The molecule has 2 aromatic heterocycles. The van der Waals surface area contributed by atoms with Gasteiger partial charge in [0.15, 0.2) is 0 Å². The number of hydrogen-bond donors (Lipinski definition) is 0. The van der Waals surface area contributed by atoms with Crippen molar-refractivity contribution in [3.8, 4) is 22.5 Å². The monoisotopic (exact) mass is 733 g/mol. The molecule has 1 radical (unpaired) electrons. The average Bonchev–Trinajstić information content (AvgIpc) is 3.05. The second-order valence-corrected chi connectivity index (χ2v) is 10.7. The van der Waals surface area contributed by atoms with Crippen LogP contribution in [-0.2, 0) is 20.1 Å². The molecule has 4 aromatic carbocycles. The molecule has 2 aliphatic heterocycles. The molecular formula is C37H29BIrN4-2. The van der Waals surface area contributed by atoms with Gasteiger partial charge in [0.05, 0.1) is 0 Å². The summed E-state index contributed by atoms with van der Waals surface area (Å²) >= 11 is 0. The van der Waals surface area contributed by atoms with Crippen molar-refractivity contribution in [3.63, 3.8) is 0 Å². The van der Waals surface area contributed by atoms with Gasteiger partial charge in [-0.15, -0.1) is 65.1 Å². The first-order chi connectivity index (χ1) is 20.6. The van der Waals surface area contributed by atoms with Gasteiger partial charge in [-0.1, -0.05) is 48.5 Å². The van der Waals surface area contributed by atoms with E-state index in [2.05, 4.69) is 107 Å². The second-order valence-electron chi connectivity index (χ2n) is 10.7. The van der Waals surface area contributed by atoms with Gasteiger partial charge >= 0.3 is 0 Å². The molecule has 211 valence electrons. The van der Waals surface area contributed by atoms with Crippen LogP contribution in [-0.4, -0.2) is 30.8 Å². The zero-order chi connectivity index (χ0) is 28.6. The Morgan fingerprint density at radius 1 is 0.628 bits per heavy atom. The summed E-state index contributed by atoms with van der Waals surface area (Å²) in [4.78, 5) is 13.6. The van der Waals surface area contributed by atoms with Crippen LogP contribution in [0.4, 0.5) is 22.7 Å². The van der Waals surface area contributed by atoms with Crippen molar-refractivity contribution in [1.82, 2.24) is 9.97 Å². The van der Waals surface area contributed by atoms with Crippen LogP contribution in [0.5, 0.6) is 0 Å². The maximum Gasteiger partial charge on any atom is 0.233 e. The second kappa shape index (κ2) is 12.0. The molecule has 2 aliphatic rings. The van der Waals surface area contributed by atoms with Crippen LogP contribution in [0, 0.1) is 19.1 Å². The summed E-state index contributed by atoms with van der Waals surface area (Å²) in [6, 6.07) is 44.2. The maximum absolute atomic E-state index is 4.62. The minimum Gasteiger partial charge on any atom is -0.385 e. The van der Waals surface area contributed by atoms with Crippen LogP contribution in [0.15, 0.2) is 122 Å². The third-order valence-electron chi connectivity index (χ3n) is 8.15. The Labute approximate surface area is 267 Å². The predicted molar refractivity (Wildman–Crippen MR) is 175 cm³/mol. The van der Waals surface area contributed by atoms with Crippen molar-refractivity contribution >= 4 is 45.9 Å². The summed E-state index contributed by atoms with van der Waals surface area (Å²) in [5.74, 6) is 0. The number of pyridine rings is 2. The van der Waals surface area contributed by atoms with Gasteiger partial charge in [-0.05, 0) is 64.8 Å². The fourth-order valence-corrected chi connectivity index (χ4v) is 6.17. The van der Waals surface area contributed by atoms with Crippen molar-refractivity contribution in [2.75, 3.05) is 23.9 Å². The molecule has 6 aromatic rings. The molecule has 0 N–H and O–H groups in total. The SMILES string of the molecule is CN1c2ccccc2B2c3cc[c-]c(-c4ccccn4)c3N(C)c3cccc1c32.Cc1ccc(-c2[c-]cccc2)nc1.[Ir]. The summed E-state index contributed by atoms with van der Waals surface area (Å²) in [6.07, 6.45) is 3.72. The predicted octanol–water partition coefficient (Wildman–Crippen LogP) is 6.08. The zero-order valence-corrected chi connectivity index (χ0v) is 26.6. The number of aromatic nitrogens is 2. The first kappa shape index (κ1) is 28.6. The minimum absolute atomic E-state index is 0. The molecule has 4 nitrogen and oxygen atoms in total. The number of nitrogens with zero attached hydrogens (tertiary/aromatic N) is 4. The smallest absolute Gasteiger partial charge is 0.233 e. The Hall–Kier alpha value is -4.51. The topological polar surface area (TPSA) is 32.3 Å². The van der Waals surface area contributed by atoms with Crippen LogP contribution in [0.3, 0.4) is 0 Å². The molecule has 43 heavy (non-hydrogen) atoms. The van der Waals surface area contributed by atoms with Crippen molar-refractivity contribution in [2.24, 2.45) is 0 Å². The Balaban J connectivity index is 0.000000199. The number of benzene rings is 4. The van der Waals surface area contributed by atoms with E-state index < -0.39 is 0 Å². The molecule has 0 bridgehead atoms. The molecule has 0 aliphatic carbocycles. The Morgan fingerprint density at radius 2 is 1.40 bits per heavy atom. The Bertz CT molecular complexity index is 1880. The normalized spacial score (nSPS) is 12.2. The average molecular weight is 733 g/mol. The van der Waals surface area contributed by atoms with Crippen LogP contribution in [0.25, 0.3) is 22.5 Å². The van der Waals surface area contributed by atoms with E-state index >= 15 is 0 Å². The van der Waals surface area contributed by atoms with E-state index in [0.29, 0.717) is 0 Å². The van der Waals surface area contributed by atoms with Gasteiger partial charge < -0.3 is 19.8 Å². The quantitative estimate of drug-likeness (QED) is 0.160. The third-order valence-corrected chi connectivity index (χ3v) is 8.15. The van der Waals surface area contributed by atoms with Crippen molar-refractivity contribution in [1.29, 1.82) is 0 Å². The Morgan fingerprint density at radius 3 is 2.14 bits per heavy atom. The van der Waals surface area contributed by atoms with E-state index in [4.69, 9.17) is 0 Å². The van der Waals surface area contributed by atoms with Crippen molar-refractivity contribution in [2.45, 2.75) is 6.92 Å². The number of aryl methyl sites for hydroxylation is 1. The molecule has 0 spiro atoms. The zero-order valence-electron chi connectivity index (χ0n) is 24.2. The van der Waals surface area contributed by atoms with Gasteiger partial charge in [-0.25, -0.2) is 0 Å².